The fourth-order valence-electron chi connectivity index (χ4n) is 2.38. The van der Waals surface area contributed by atoms with Gasteiger partial charge in [-0.15, -0.1) is 0 Å². The van der Waals surface area contributed by atoms with Gasteiger partial charge in [0, 0.05) is 6.04 Å². The molecular weight excluding hydrogens is 269 g/mol. The lowest BCUT2D eigenvalue weighted by molar-refractivity contribution is 0.503. The summed E-state index contributed by atoms with van der Waals surface area (Å²) in [7, 11) is 0. The quantitative estimate of drug-likeness (QED) is 0.799. The molecule has 0 bridgehead atoms. The van der Waals surface area contributed by atoms with E-state index in [1.165, 1.54) is 17.2 Å². The van der Waals surface area contributed by atoms with Crippen LogP contribution < -0.4 is 5.32 Å². The van der Waals surface area contributed by atoms with Crippen molar-refractivity contribution in [3.05, 3.63) is 57.5 Å². The zero-order chi connectivity index (χ0) is 14.4. The molecule has 1 unspecified atom stereocenters. The predicted octanol–water partition coefficient (Wildman–Crippen LogP) is 4.35. The maximum absolute atomic E-state index is 13.4. The van der Waals surface area contributed by atoms with E-state index in [2.05, 4.69) is 36.0 Å². The van der Waals surface area contributed by atoms with E-state index in [4.69, 9.17) is 0 Å². The minimum absolute atomic E-state index is 0.143. The molecule has 1 nitrogen and oxygen atoms in total. The van der Waals surface area contributed by atoms with Crippen LogP contribution >= 0.6 is 11.3 Å². The smallest absolute Gasteiger partial charge is 0.123 e. The minimum atomic E-state index is -0.143. The number of benzene rings is 1. The molecule has 2 rings (SSSR count). The maximum Gasteiger partial charge on any atom is 0.123 e. The summed E-state index contributed by atoms with van der Waals surface area (Å²) in [5.74, 6) is -0.143. The van der Waals surface area contributed by atoms with Gasteiger partial charge in [-0.25, -0.2) is 4.39 Å². The van der Waals surface area contributed by atoms with Gasteiger partial charge < -0.3 is 5.32 Å². The Bertz CT molecular complexity index is 522. The number of hydrogen-bond donors (Lipinski definition) is 1. The number of aryl methyl sites for hydroxylation is 1. The van der Waals surface area contributed by atoms with E-state index in [9.17, 15) is 4.39 Å². The Morgan fingerprint density at radius 1 is 1.25 bits per heavy atom. The van der Waals surface area contributed by atoms with Gasteiger partial charge in [-0.2, -0.15) is 11.3 Å². The summed E-state index contributed by atoms with van der Waals surface area (Å²) >= 11 is 1.73. The first-order valence-electron chi connectivity index (χ1n) is 7.18. The van der Waals surface area contributed by atoms with E-state index in [0.29, 0.717) is 6.04 Å². The molecule has 1 aromatic heterocycles. The second-order valence-electron chi connectivity index (χ2n) is 5.26. The highest BCUT2D eigenvalue weighted by atomic mass is 32.1. The Labute approximate surface area is 124 Å². The minimum Gasteiger partial charge on any atom is -0.313 e. The molecule has 0 saturated heterocycles. The van der Waals surface area contributed by atoms with Gasteiger partial charge in [0.15, 0.2) is 0 Å². The van der Waals surface area contributed by atoms with Crippen LogP contribution in [0.1, 0.15) is 30.0 Å². The Balaban J connectivity index is 2.08. The second-order valence-corrected chi connectivity index (χ2v) is 6.04. The molecule has 0 amide bonds. The highest BCUT2D eigenvalue weighted by molar-refractivity contribution is 7.07. The molecule has 0 fully saturated rings. The van der Waals surface area contributed by atoms with Crippen LogP contribution in [0.15, 0.2) is 35.0 Å². The Hall–Kier alpha value is -1.19. The van der Waals surface area contributed by atoms with Gasteiger partial charge in [0.25, 0.3) is 0 Å². The number of thiophene rings is 1. The second kappa shape index (κ2) is 7.55. The van der Waals surface area contributed by atoms with Gasteiger partial charge in [0.05, 0.1) is 0 Å². The van der Waals surface area contributed by atoms with Gasteiger partial charge in [0.1, 0.15) is 5.82 Å². The first kappa shape index (κ1) is 15.2. The Kier molecular flexibility index (Phi) is 5.74. The summed E-state index contributed by atoms with van der Waals surface area (Å²) in [6.45, 7) is 5.22. The standard InChI is InChI=1S/C17H22FNS/c1-3-7-19-17(9-14-6-8-20-12-14)11-15-10-16(18)5-4-13(15)2/h4-6,8,10,12,17,19H,3,7,9,11H2,1-2H3. The molecule has 2 aromatic rings. The van der Waals surface area contributed by atoms with Crippen molar-refractivity contribution in [3.63, 3.8) is 0 Å². The van der Waals surface area contributed by atoms with Crippen LogP contribution in [0.4, 0.5) is 4.39 Å². The molecule has 0 spiro atoms. The molecule has 3 heteroatoms. The summed E-state index contributed by atoms with van der Waals surface area (Å²) < 4.78 is 13.4. The van der Waals surface area contributed by atoms with Gasteiger partial charge in [-0.05, 0) is 78.4 Å². The van der Waals surface area contributed by atoms with Crippen LogP contribution in [0.25, 0.3) is 0 Å². The van der Waals surface area contributed by atoms with Crippen LogP contribution in [0.5, 0.6) is 0 Å². The van der Waals surface area contributed by atoms with E-state index in [-0.39, 0.29) is 5.82 Å². The van der Waals surface area contributed by atoms with Crippen LogP contribution in [0.2, 0.25) is 0 Å². The van der Waals surface area contributed by atoms with Crippen molar-refractivity contribution < 1.29 is 4.39 Å². The lowest BCUT2D eigenvalue weighted by Gasteiger charge is -2.19. The number of hydrogen-bond acceptors (Lipinski definition) is 2. The molecule has 0 radical (unpaired) electrons. The summed E-state index contributed by atoms with van der Waals surface area (Å²) in [5.41, 5.74) is 3.63. The third kappa shape index (κ3) is 4.43. The average Bonchev–Trinajstić information content (AvgIpc) is 2.93. The van der Waals surface area contributed by atoms with Crippen molar-refractivity contribution in [1.82, 2.24) is 5.32 Å². The van der Waals surface area contributed by atoms with E-state index in [0.717, 1.165) is 31.4 Å². The largest absolute Gasteiger partial charge is 0.313 e. The van der Waals surface area contributed by atoms with Crippen molar-refractivity contribution in [1.29, 1.82) is 0 Å². The molecule has 1 N–H and O–H groups in total. The van der Waals surface area contributed by atoms with Gasteiger partial charge >= 0.3 is 0 Å². The molecule has 1 atom stereocenters. The third-order valence-corrected chi connectivity index (χ3v) is 4.25. The number of rotatable bonds is 7. The first-order valence-corrected chi connectivity index (χ1v) is 8.12. The maximum atomic E-state index is 13.4. The molecule has 0 saturated carbocycles. The summed E-state index contributed by atoms with van der Waals surface area (Å²) in [6.07, 6.45) is 2.99. The predicted molar refractivity (Wildman–Crippen MR) is 84.9 cm³/mol. The van der Waals surface area contributed by atoms with Gasteiger partial charge in [0.2, 0.25) is 0 Å². The van der Waals surface area contributed by atoms with Crippen molar-refractivity contribution in [2.24, 2.45) is 0 Å². The van der Waals surface area contributed by atoms with Crippen LogP contribution in [0, 0.1) is 12.7 Å². The van der Waals surface area contributed by atoms with Crippen LogP contribution in [-0.4, -0.2) is 12.6 Å². The third-order valence-electron chi connectivity index (χ3n) is 3.52. The highest BCUT2D eigenvalue weighted by Gasteiger charge is 2.12. The molecule has 0 aliphatic heterocycles. The SMILES string of the molecule is CCCNC(Cc1ccsc1)Cc1cc(F)ccc1C. The summed E-state index contributed by atoms with van der Waals surface area (Å²) in [6, 6.07) is 7.61. The normalized spacial score (nSPS) is 12.6. The number of halogens is 1. The fourth-order valence-corrected chi connectivity index (χ4v) is 3.07. The van der Waals surface area contributed by atoms with Crippen molar-refractivity contribution >= 4 is 11.3 Å². The van der Waals surface area contributed by atoms with Crippen LogP contribution in [-0.2, 0) is 12.8 Å². The van der Waals surface area contributed by atoms with E-state index >= 15 is 0 Å². The first-order chi connectivity index (χ1) is 9.69. The highest BCUT2D eigenvalue weighted by Crippen LogP contribution is 2.16. The average molecular weight is 291 g/mol. The lowest BCUT2D eigenvalue weighted by atomic mass is 9.97. The van der Waals surface area contributed by atoms with Crippen molar-refractivity contribution in [2.45, 2.75) is 39.2 Å². The Morgan fingerprint density at radius 2 is 2.10 bits per heavy atom. The molecule has 0 aliphatic rings. The molecule has 0 aliphatic carbocycles. The number of nitrogens with one attached hydrogen (secondary N) is 1. The van der Waals surface area contributed by atoms with Crippen LogP contribution in [0.3, 0.4) is 0 Å². The Morgan fingerprint density at radius 3 is 2.80 bits per heavy atom. The molecule has 108 valence electrons. The molecule has 1 aromatic carbocycles. The monoisotopic (exact) mass is 291 g/mol. The van der Waals surface area contributed by atoms with Crippen molar-refractivity contribution in [3.8, 4) is 0 Å². The zero-order valence-electron chi connectivity index (χ0n) is 12.2. The molecule has 1 heterocycles. The van der Waals surface area contributed by atoms with Gasteiger partial charge in [-0.3, -0.25) is 0 Å². The molecule has 20 heavy (non-hydrogen) atoms. The molecular formula is C17H22FNS. The summed E-state index contributed by atoms with van der Waals surface area (Å²) in [5, 5.41) is 7.89. The van der Waals surface area contributed by atoms with E-state index in [1.807, 2.05) is 6.07 Å². The van der Waals surface area contributed by atoms with E-state index < -0.39 is 0 Å². The lowest BCUT2D eigenvalue weighted by Crippen LogP contribution is -2.34. The zero-order valence-corrected chi connectivity index (χ0v) is 13.0. The van der Waals surface area contributed by atoms with Gasteiger partial charge in [-0.1, -0.05) is 13.0 Å². The summed E-state index contributed by atoms with van der Waals surface area (Å²) in [4.78, 5) is 0. The van der Waals surface area contributed by atoms with E-state index in [1.54, 1.807) is 17.4 Å². The topological polar surface area (TPSA) is 12.0 Å². The van der Waals surface area contributed by atoms with Crippen molar-refractivity contribution in [2.75, 3.05) is 6.54 Å². The fraction of sp³-hybridized carbons (Fsp3) is 0.412.